The van der Waals surface area contributed by atoms with Gasteiger partial charge in [-0.1, -0.05) is 0 Å². The molecule has 1 N–H and O–H groups in total. The van der Waals surface area contributed by atoms with Gasteiger partial charge in [-0.05, 0) is 19.1 Å². The number of aromatic nitrogens is 3. The lowest BCUT2D eigenvalue weighted by molar-refractivity contribution is 0.398. The first-order chi connectivity index (χ1) is 8.28. The monoisotopic (exact) mass is 232 g/mol. The lowest BCUT2D eigenvalue weighted by atomic mass is 10.3. The van der Waals surface area contributed by atoms with Gasteiger partial charge in [0.05, 0.1) is 13.7 Å². The van der Waals surface area contributed by atoms with Crippen LogP contribution in [0.25, 0.3) is 0 Å². The Bertz CT molecular complexity index is 455. The Morgan fingerprint density at radius 2 is 2.35 bits per heavy atom. The maximum atomic E-state index is 5.07. The summed E-state index contributed by atoms with van der Waals surface area (Å²) in [7, 11) is 1.61. The quantitative estimate of drug-likeness (QED) is 0.853. The third-order valence-corrected chi connectivity index (χ3v) is 2.38. The summed E-state index contributed by atoms with van der Waals surface area (Å²) >= 11 is 0. The smallest absolute Gasteiger partial charge is 0.214 e. The van der Waals surface area contributed by atoms with Crippen LogP contribution in [-0.4, -0.2) is 27.9 Å². The summed E-state index contributed by atoms with van der Waals surface area (Å²) in [5, 5.41) is 7.55. The van der Waals surface area contributed by atoms with Crippen molar-refractivity contribution in [3.8, 4) is 5.88 Å². The van der Waals surface area contributed by atoms with E-state index in [2.05, 4.69) is 22.3 Å². The summed E-state index contributed by atoms with van der Waals surface area (Å²) in [6.07, 6.45) is 5.45. The number of anilines is 1. The summed E-state index contributed by atoms with van der Waals surface area (Å²) < 4.78 is 6.97. The molecule has 0 aliphatic rings. The fraction of sp³-hybridized carbons (Fsp3) is 0.333. The minimum Gasteiger partial charge on any atom is -0.481 e. The molecule has 2 aromatic rings. The Kier molecular flexibility index (Phi) is 3.59. The zero-order valence-electron chi connectivity index (χ0n) is 10.00. The maximum absolute atomic E-state index is 5.07. The van der Waals surface area contributed by atoms with Gasteiger partial charge in [0.15, 0.2) is 0 Å². The second kappa shape index (κ2) is 5.34. The summed E-state index contributed by atoms with van der Waals surface area (Å²) in [5.41, 5.74) is 0.997. The molecule has 17 heavy (non-hydrogen) atoms. The molecule has 0 aliphatic heterocycles. The molecule has 5 heteroatoms. The number of methoxy groups -OCH3 is 1. The van der Waals surface area contributed by atoms with Crippen LogP contribution in [0, 0.1) is 0 Å². The molecule has 1 unspecified atom stereocenters. The third-order valence-electron chi connectivity index (χ3n) is 2.38. The number of pyridine rings is 1. The topological polar surface area (TPSA) is 52.0 Å². The molecule has 0 saturated carbocycles. The lowest BCUT2D eigenvalue weighted by Gasteiger charge is -2.15. The highest BCUT2D eigenvalue weighted by molar-refractivity contribution is 5.45. The molecule has 2 aromatic heterocycles. The Labute approximate surface area is 100 Å². The van der Waals surface area contributed by atoms with Crippen LogP contribution in [0.15, 0.2) is 36.8 Å². The zero-order chi connectivity index (χ0) is 12.1. The summed E-state index contributed by atoms with van der Waals surface area (Å²) in [5.74, 6) is 0.612. The number of nitrogens with one attached hydrogen (secondary N) is 1. The highest BCUT2D eigenvalue weighted by Crippen LogP contribution is 2.14. The van der Waals surface area contributed by atoms with Crippen molar-refractivity contribution in [2.45, 2.75) is 19.5 Å². The first kappa shape index (κ1) is 11.4. The first-order valence-corrected chi connectivity index (χ1v) is 5.52. The van der Waals surface area contributed by atoms with Crippen LogP contribution < -0.4 is 10.1 Å². The van der Waals surface area contributed by atoms with E-state index >= 15 is 0 Å². The number of ether oxygens (including phenoxy) is 1. The van der Waals surface area contributed by atoms with Crippen molar-refractivity contribution in [2.24, 2.45) is 0 Å². The minimum atomic E-state index is 0.280. The van der Waals surface area contributed by atoms with Gasteiger partial charge in [0.25, 0.3) is 0 Å². The fourth-order valence-electron chi connectivity index (χ4n) is 1.63. The van der Waals surface area contributed by atoms with Crippen LogP contribution >= 0.6 is 0 Å². The molecule has 0 spiro atoms. The molecule has 0 aromatic carbocycles. The van der Waals surface area contributed by atoms with Gasteiger partial charge in [-0.15, -0.1) is 0 Å². The average molecular weight is 232 g/mol. The van der Waals surface area contributed by atoms with Gasteiger partial charge in [-0.25, -0.2) is 4.98 Å². The first-order valence-electron chi connectivity index (χ1n) is 5.52. The standard InChI is InChI=1S/C12H16N4O/c1-10(9-16-7-3-5-14-16)15-11-4-6-13-12(8-11)17-2/h3-8,10H,9H2,1-2H3,(H,13,15). The van der Waals surface area contributed by atoms with Gasteiger partial charge in [0.1, 0.15) is 0 Å². The molecule has 0 saturated heterocycles. The summed E-state index contributed by atoms with van der Waals surface area (Å²) in [6.45, 7) is 2.92. The Morgan fingerprint density at radius 1 is 1.47 bits per heavy atom. The van der Waals surface area contributed by atoms with E-state index in [-0.39, 0.29) is 6.04 Å². The molecular formula is C12H16N4O. The van der Waals surface area contributed by atoms with Gasteiger partial charge in [0, 0.05) is 36.4 Å². The highest BCUT2D eigenvalue weighted by Gasteiger charge is 2.04. The van der Waals surface area contributed by atoms with E-state index in [0.717, 1.165) is 12.2 Å². The van der Waals surface area contributed by atoms with Crippen molar-refractivity contribution < 1.29 is 4.74 Å². The van der Waals surface area contributed by atoms with E-state index < -0.39 is 0 Å². The number of hydrogen-bond donors (Lipinski definition) is 1. The number of rotatable bonds is 5. The van der Waals surface area contributed by atoms with Crippen molar-refractivity contribution in [2.75, 3.05) is 12.4 Å². The normalized spacial score (nSPS) is 12.1. The van der Waals surface area contributed by atoms with Crippen molar-refractivity contribution in [1.82, 2.24) is 14.8 Å². The predicted molar refractivity (Wildman–Crippen MR) is 66.1 cm³/mol. The average Bonchev–Trinajstić information content (AvgIpc) is 2.82. The number of hydrogen-bond acceptors (Lipinski definition) is 4. The van der Waals surface area contributed by atoms with Gasteiger partial charge < -0.3 is 10.1 Å². The van der Waals surface area contributed by atoms with Gasteiger partial charge >= 0.3 is 0 Å². The van der Waals surface area contributed by atoms with E-state index in [1.54, 1.807) is 19.5 Å². The van der Waals surface area contributed by atoms with E-state index in [4.69, 9.17) is 4.74 Å². The molecule has 0 bridgehead atoms. The zero-order valence-corrected chi connectivity index (χ0v) is 10.00. The van der Waals surface area contributed by atoms with Crippen LogP contribution in [0.5, 0.6) is 5.88 Å². The summed E-state index contributed by atoms with van der Waals surface area (Å²) in [4.78, 5) is 4.06. The van der Waals surface area contributed by atoms with Crippen LogP contribution in [0.3, 0.4) is 0 Å². The molecule has 5 nitrogen and oxygen atoms in total. The van der Waals surface area contributed by atoms with Crippen LogP contribution in [0.2, 0.25) is 0 Å². The second-order valence-electron chi connectivity index (χ2n) is 3.86. The van der Waals surface area contributed by atoms with Crippen LogP contribution in [0.1, 0.15) is 6.92 Å². The molecule has 2 heterocycles. The third kappa shape index (κ3) is 3.21. The molecule has 2 rings (SSSR count). The van der Waals surface area contributed by atoms with Crippen molar-refractivity contribution >= 4 is 5.69 Å². The molecule has 90 valence electrons. The van der Waals surface area contributed by atoms with Crippen LogP contribution in [0.4, 0.5) is 5.69 Å². The SMILES string of the molecule is COc1cc(NC(C)Cn2cccn2)ccn1. The van der Waals surface area contributed by atoms with E-state index in [9.17, 15) is 0 Å². The van der Waals surface area contributed by atoms with Crippen molar-refractivity contribution in [3.63, 3.8) is 0 Å². The van der Waals surface area contributed by atoms with E-state index in [1.807, 2.05) is 29.1 Å². The molecular weight excluding hydrogens is 216 g/mol. The predicted octanol–water partition coefficient (Wildman–Crippen LogP) is 1.79. The van der Waals surface area contributed by atoms with Gasteiger partial charge in [-0.3, -0.25) is 4.68 Å². The molecule has 1 atom stereocenters. The van der Waals surface area contributed by atoms with Crippen molar-refractivity contribution in [1.29, 1.82) is 0 Å². The molecule has 0 radical (unpaired) electrons. The largest absolute Gasteiger partial charge is 0.481 e. The van der Waals surface area contributed by atoms with Crippen LogP contribution in [-0.2, 0) is 6.54 Å². The van der Waals surface area contributed by atoms with Crippen molar-refractivity contribution in [3.05, 3.63) is 36.8 Å². The highest BCUT2D eigenvalue weighted by atomic mass is 16.5. The Morgan fingerprint density at radius 3 is 3.06 bits per heavy atom. The Hall–Kier alpha value is -2.04. The molecule has 0 fully saturated rings. The summed E-state index contributed by atoms with van der Waals surface area (Å²) in [6, 6.07) is 5.99. The van der Waals surface area contributed by atoms with E-state index in [1.165, 1.54) is 0 Å². The van der Waals surface area contributed by atoms with E-state index in [0.29, 0.717) is 5.88 Å². The fourth-order valence-corrected chi connectivity index (χ4v) is 1.63. The molecule has 0 aliphatic carbocycles. The molecule has 0 amide bonds. The van der Waals surface area contributed by atoms with Gasteiger partial charge in [0.2, 0.25) is 5.88 Å². The minimum absolute atomic E-state index is 0.280. The lowest BCUT2D eigenvalue weighted by Crippen LogP contribution is -2.22. The Balaban J connectivity index is 1.95. The number of nitrogens with zero attached hydrogens (tertiary/aromatic N) is 3. The maximum Gasteiger partial charge on any atom is 0.214 e. The van der Waals surface area contributed by atoms with Gasteiger partial charge in [-0.2, -0.15) is 5.10 Å². The second-order valence-corrected chi connectivity index (χ2v) is 3.86.